The largest absolute Gasteiger partial charge is 0.173 e. The second-order valence-electron chi connectivity index (χ2n) is 30.1. The van der Waals surface area contributed by atoms with E-state index in [0.717, 1.165) is 16.6 Å². The summed E-state index contributed by atoms with van der Waals surface area (Å²) in [6, 6.07) is 20.5. The van der Waals surface area contributed by atoms with E-state index in [9.17, 15) is 0 Å². The van der Waals surface area contributed by atoms with E-state index in [1.54, 1.807) is 22.3 Å². The number of benzene rings is 3. The second kappa shape index (κ2) is 41.3. The first-order valence-electron chi connectivity index (χ1n) is 40.3. The van der Waals surface area contributed by atoms with E-state index in [1.807, 2.05) is 22.7 Å². The SMILES string of the molecule is CCCCCCCCCCCCCCC1(CCCCCCCCCCCCCC)c2cc3c(cc2-c2c1cc(C)c1nsnc21)C(CCCCCCCCCCCCCC)(CCCCCCCCCCCCCC)c1cc(-c2ccc(-c4ccc(C)s4)s2)c2nsnc2c1-3. The molecule has 518 valence electrons. The molecule has 0 atom stereocenters. The lowest BCUT2D eigenvalue weighted by molar-refractivity contribution is 0.393. The molecule has 4 aromatic heterocycles. The van der Waals surface area contributed by atoms with E-state index in [1.165, 1.54) is 416 Å². The maximum absolute atomic E-state index is 5.50. The molecule has 2 aliphatic rings. The quantitative estimate of drug-likeness (QED) is 0.0357. The summed E-state index contributed by atoms with van der Waals surface area (Å²) in [6.07, 6.45) is 70.8. The Balaban J connectivity index is 1.09. The van der Waals surface area contributed by atoms with Gasteiger partial charge >= 0.3 is 0 Å². The Morgan fingerprint density at radius 2 is 0.543 bits per heavy atom. The van der Waals surface area contributed by atoms with Crippen molar-refractivity contribution in [3.8, 4) is 42.4 Å². The van der Waals surface area contributed by atoms with Gasteiger partial charge in [0.25, 0.3) is 0 Å². The molecule has 4 heterocycles. The third-order valence-corrected chi connectivity index (χ3v) is 26.1. The first-order chi connectivity index (χ1) is 46.4. The molecule has 0 saturated carbocycles. The van der Waals surface area contributed by atoms with Gasteiger partial charge in [-0.15, -0.1) is 22.7 Å². The van der Waals surface area contributed by atoms with E-state index in [4.69, 9.17) is 17.5 Å². The summed E-state index contributed by atoms with van der Waals surface area (Å²) in [5.74, 6) is 0. The molecule has 0 saturated heterocycles. The van der Waals surface area contributed by atoms with Crippen LogP contribution in [-0.4, -0.2) is 17.5 Å². The molecule has 0 radical (unpaired) electrons. The zero-order chi connectivity index (χ0) is 65.5. The third-order valence-electron chi connectivity index (χ3n) is 22.7. The smallest absolute Gasteiger partial charge is 0.114 e. The predicted octanol–water partition coefficient (Wildman–Crippen LogP) is 30.7. The van der Waals surface area contributed by atoms with Crippen LogP contribution in [0.25, 0.3) is 64.5 Å². The summed E-state index contributed by atoms with van der Waals surface area (Å²) in [5, 5.41) is 0. The normalized spacial score (nSPS) is 13.7. The number of hydrogen-bond acceptors (Lipinski definition) is 8. The van der Waals surface area contributed by atoms with E-state index in [-0.39, 0.29) is 10.8 Å². The molecule has 9 rings (SSSR count). The highest BCUT2D eigenvalue weighted by Gasteiger charge is 2.50. The number of hydrogen-bond donors (Lipinski definition) is 0. The van der Waals surface area contributed by atoms with Crippen LogP contribution in [0.2, 0.25) is 0 Å². The van der Waals surface area contributed by atoms with E-state index >= 15 is 0 Å². The molecular weight excluding hydrogens is 1220 g/mol. The van der Waals surface area contributed by atoms with Crippen LogP contribution < -0.4 is 0 Å². The highest BCUT2D eigenvalue weighted by atomic mass is 32.1. The molecule has 0 spiro atoms. The van der Waals surface area contributed by atoms with Crippen molar-refractivity contribution in [1.82, 2.24) is 17.5 Å². The zero-order valence-corrected chi connectivity index (χ0v) is 64.1. The van der Waals surface area contributed by atoms with Gasteiger partial charge in [0.2, 0.25) is 0 Å². The maximum atomic E-state index is 5.50. The maximum Gasteiger partial charge on any atom is 0.114 e. The highest BCUT2D eigenvalue weighted by Crippen LogP contribution is 2.63. The summed E-state index contributed by atoms with van der Waals surface area (Å²) >= 11 is 6.76. The second-order valence-corrected chi connectivity index (χ2v) is 33.6. The van der Waals surface area contributed by atoms with Crippen molar-refractivity contribution < 1.29 is 0 Å². The van der Waals surface area contributed by atoms with Gasteiger partial charge in [0, 0.05) is 47.0 Å². The molecule has 0 amide bonds. The predicted molar refractivity (Wildman–Crippen MR) is 420 cm³/mol. The lowest BCUT2D eigenvalue weighted by Crippen LogP contribution is -2.27. The number of fused-ring (bicyclic) bond motifs is 10. The van der Waals surface area contributed by atoms with Crippen LogP contribution >= 0.6 is 46.1 Å². The number of nitrogens with zero attached hydrogens (tertiary/aromatic N) is 4. The molecule has 4 nitrogen and oxygen atoms in total. The van der Waals surface area contributed by atoms with Gasteiger partial charge in [-0.2, -0.15) is 17.5 Å². The van der Waals surface area contributed by atoms with Gasteiger partial charge in [-0.1, -0.05) is 342 Å². The van der Waals surface area contributed by atoms with Crippen LogP contribution in [0.3, 0.4) is 0 Å². The Kier molecular flexibility index (Phi) is 32.9. The van der Waals surface area contributed by atoms with Crippen LogP contribution in [0.5, 0.6) is 0 Å². The number of rotatable bonds is 54. The van der Waals surface area contributed by atoms with Crippen molar-refractivity contribution >= 4 is 68.2 Å². The molecule has 0 aliphatic heterocycles. The Labute approximate surface area is 591 Å². The molecule has 94 heavy (non-hydrogen) atoms. The summed E-state index contributed by atoms with van der Waals surface area (Å²) in [4.78, 5) is 5.43. The fourth-order valence-corrected chi connectivity index (χ4v) is 20.4. The van der Waals surface area contributed by atoms with Crippen LogP contribution in [0.15, 0.2) is 48.5 Å². The van der Waals surface area contributed by atoms with Crippen molar-refractivity contribution in [3.63, 3.8) is 0 Å². The standard InChI is InChI=1S/C86H130N4S4/c1-7-11-15-19-23-27-31-35-39-43-47-51-59-85(60-52-48-44-40-36-32-28-24-20-16-12-8-2)72-65-70-73(64-69(72)79-74(85)63-67(5)81-83(79)89-93-87-81)86(61-53-49-45-41-37-33-29-25-21-17-13-9-3,62-54-50-46-42-38-34-30-26-22-18-14-10-4)75-66-71(82-84(80(70)75)90-94-88-82)76-57-58-78(92-76)77-56-55-68(6)91-77/h55-58,63-66H,7-54,59-62H2,1-6H3. The Morgan fingerprint density at radius 3 is 0.894 bits per heavy atom. The first-order valence-corrected chi connectivity index (χ1v) is 43.4. The molecular formula is C86H130N4S4. The zero-order valence-electron chi connectivity index (χ0n) is 60.8. The Morgan fingerprint density at radius 1 is 0.266 bits per heavy atom. The van der Waals surface area contributed by atoms with Gasteiger partial charge in [0.1, 0.15) is 22.1 Å². The van der Waals surface area contributed by atoms with Crippen molar-refractivity contribution in [1.29, 1.82) is 0 Å². The number of aromatic nitrogens is 4. The molecule has 7 aromatic rings. The van der Waals surface area contributed by atoms with Gasteiger partial charge < -0.3 is 0 Å². The first kappa shape index (κ1) is 74.9. The highest BCUT2D eigenvalue weighted by molar-refractivity contribution is 7.24. The number of unbranched alkanes of at least 4 members (excludes halogenated alkanes) is 44. The van der Waals surface area contributed by atoms with Gasteiger partial charge in [0.05, 0.1) is 23.5 Å². The van der Waals surface area contributed by atoms with Gasteiger partial charge in [-0.25, -0.2) is 0 Å². The summed E-state index contributed by atoms with van der Waals surface area (Å²) < 4.78 is 21.3. The third kappa shape index (κ3) is 20.4. The number of thiophene rings is 2. The van der Waals surface area contributed by atoms with Crippen LogP contribution in [0.4, 0.5) is 0 Å². The molecule has 0 N–H and O–H groups in total. The van der Waals surface area contributed by atoms with Gasteiger partial charge in [-0.3, -0.25) is 0 Å². The van der Waals surface area contributed by atoms with Crippen molar-refractivity contribution in [3.05, 3.63) is 81.2 Å². The van der Waals surface area contributed by atoms with Gasteiger partial charge in [-0.05, 0) is 121 Å². The lowest BCUT2D eigenvalue weighted by Gasteiger charge is -2.35. The lowest BCUT2D eigenvalue weighted by atomic mass is 9.68. The Bertz CT molecular complexity index is 3180. The minimum absolute atomic E-state index is 0.0808. The van der Waals surface area contributed by atoms with E-state index in [2.05, 4.69) is 90.1 Å². The molecule has 3 aromatic carbocycles. The van der Waals surface area contributed by atoms with Crippen molar-refractivity contribution in [2.24, 2.45) is 0 Å². The minimum Gasteiger partial charge on any atom is -0.173 e. The fraction of sp³-hybridized carbons (Fsp3) is 0.698. The molecule has 0 fully saturated rings. The number of aryl methyl sites for hydroxylation is 2. The Hall–Kier alpha value is -3.30. The fourth-order valence-electron chi connectivity index (χ4n) is 17.2. The van der Waals surface area contributed by atoms with Crippen LogP contribution in [0, 0.1) is 13.8 Å². The van der Waals surface area contributed by atoms with Crippen molar-refractivity contribution in [2.75, 3.05) is 0 Å². The summed E-state index contributed by atoms with van der Waals surface area (Å²) in [5.41, 5.74) is 19.1. The molecule has 0 unspecified atom stereocenters. The average Bonchev–Trinajstić information content (AvgIpc) is 1.52. The van der Waals surface area contributed by atoms with E-state index in [0.29, 0.717) is 0 Å². The topological polar surface area (TPSA) is 51.6 Å². The van der Waals surface area contributed by atoms with Crippen LogP contribution in [0.1, 0.15) is 394 Å². The average molecular weight is 1350 g/mol. The molecule has 8 heteroatoms. The van der Waals surface area contributed by atoms with Gasteiger partial charge in [0.15, 0.2) is 0 Å². The molecule has 0 bridgehead atoms. The van der Waals surface area contributed by atoms with Crippen LogP contribution in [-0.2, 0) is 10.8 Å². The van der Waals surface area contributed by atoms with Crippen molar-refractivity contribution in [2.45, 2.75) is 386 Å². The monoisotopic (exact) mass is 1350 g/mol. The molecule has 2 aliphatic carbocycles. The summed E-state index contributed by atoms with van der Waals surface area (Å²) in [7, 11) is 0. The van der Waals surface area contributed by atoms with E-state index < -0.39 is 0 Å². The summed E-state index contributed by atoms with van der Waals surface area (Å²) in [6.45, 7) is 13.9. The minimum atomic E-state index is -0.130.